The molecule has 0 fully saturated rings. The Morgan fingerprint density at radius 1 is 1.14 bits per heavy atom. The van der Waals surface area contributed by atoms with Crippen LogP contribution in [0.25, 0.3) is 0 Å². The summed E-state index contributed by atoms with van der Waals surface area (Å²) < 4.78 is 7.20. The zero-order valence-electron chi connectivity index (χ0n) is 10.9. The van der Waals surface area contributed by atoms with Crippen molar-refractivity contribution in [2.24, 2.45) is 5.10 Å². The van der Waals surface area contributed by atoms with Gasteiger partial charge in [-0.1, -0.05) is 50.1 Å². The number of carbonyl (C=O) groups excluding carboxylic acids is 1. The lowest BCUT2D eigenvalue weighted by Crippen LogP contribution is -2.24. The number of benzene rings is 2. The number of carbonyl (C=O) groups is 1. The molecule has 0 radical (unpaired) electrons. The second kappa shape index (κ2) is 7.95. The average Bonchev–Trinajstić information content (AvgIpc) is 2.49. The number of hydrogen-bond donors (Lipinski definition) is 1. The summed E-state index contributed by atoms with van der Waals surface area (Å²) in [5, 5.41) is 3.89. The molecule has 21 heavy (non-hydrogen) atoms. The molecule has 0 aliphatic heterocycles. The molecule has 0 unspecified atom stereocenters. The maximum Gasteiger partial charge on any atom is 0.277 e. The molecule has 108 valence electrons. The minimum absolute atomic E-state index is 0.0884. The molecule has 2 rings (SSSR count). The van der Waals surface area contributed by atoms with E-state index in [-0.39, 0.29) is 12.5 Å². The van der Waals surface area contributed by atoms with Crippen LogP contribution in [0.4, 0.5) is 0 Å². The fraction of sp³-hybridized carbons (Fsp3) is 0.0667. The van der Waals surface area contributed by atoms with Crippen LogP contribution < -0.4 is 10.2 Å². The van der Waals surface area contributed by atoms with Crippen molar-refractivity contribution < 1.29 is 9.53 Å². The molecule has 2 aromatic carbocycles. The highest BCUT2D eigenvalue weighted by molar-refractivity contribution is 9.10. The summed E-state index contributed by atoms with van der Waals surface area (Å²) in [7, 11) is 0. The van der Waals surface area contributed by atoms with Gasteiger partial charge in [0.1, 0.15) is 5.75 Å². The average molecular weight is 412 g/mol. The highest BCUT2D eigenvalue weighted by atomic mass is 79.9. The van der Waals surface area contributed by atoms with Gasteiger partial charge in [-0.15, -0.1) is 0 Å². The summed E-state index contributed by atoms with van der Waals surface area (Å²) >= 11 is 6.73. The van der Waals surface area contributed by atoms with Crippen LogP contribution in [0.3, 0.4) is 0 Å². The largest absolute Gasteiger partial charge is 0.484 e. The van der Waals surface area contributed by atoms with E-state index in [2.05, 4.69) is 42.4 Å². The number of hydrazone groups is 1. The first-order valence-corrected chi connectivity index (χ1v) is 7.68. The molecular weight excluding hydrogens is 400 g/mol. The van der Waals surface area contributed by atoms with Crippen LogP contribution >= 0.6 is 31.9 Å². The Balaban J connectivity index is 1.80. The first kappa shape index (κ1) is 15.7. The molecule has 4 nitrogen and oxygen atoms in total. The van der Waals surface area contributed by atoms with E-state index in [1.165, 1.54) is 0 Å². The highest BCUT2D eigenvalue weighted by Gasteiger charge is 2.01. The van der Waals surface area contributed by atoms with Crippen molar-refractivity contribution >= 4 is 44.0 Å². The van der Waals surface area contributed by atoms with E-state index in [4.69, 9.17) is 4.74 Å². The molecule has 0 aliphatic carbocycles. The van der Waals surface area contributed by atoms with Gasteiger partial charge in [-0.2, -0.15) is 5.10 Å². The first-order chi connectivity index (χ1) is 10.1. The molecule has 6 heteroatoms. The lowest BCUT2D eigenvalue weighted by Gasteiger charge is -2.04. The summed E-state index contributed by atoms with van der Waals surface area (Å²) in [6.07, 6.45) is 1.57. The Kier molecular flexibility index (Phi) is 5.95. The standard InChI is InChI=1S/C15H12Br2N2O2/c16-12-5-7-13(8-6-12)21-10-15(20)19-18-9-11-3-1-2-4-14(11)17/h1-9H,10H2,(H,19,20)/b18-9+. The molecule has 0 aliphatic rings. The van der Waals surface area contributed by atoms with Gasteiger partial charge in [-0.25, -0.2) is 5.43 Å². The molecule has 1 N–H and O–H groups in total. The van der Waals surface area contributed by atoms with Crippen molar-refractivity contribution in [2.45, 2.75) is 0 Å². The zero-order valence-corrected chi connectivity index (χ0v) is 14.1. The molecular formula is C15H12Br2N2O2. The van der Waals surface area contributed by atoms with E-state index < -0.39 is 0 Å². The van der Waals surface area contributed by atoms with Crippen LogP contribution in [0.5, 0.6) is 5.75 Å². The smallest absolute Gasteiger partial charge is 0.277 e. The third-order valence-corrected chi connectivity index (χ3v) is 3.73. The third-order valence-electron chi connectivity index (χ3n) is 2.48. The van der Waals surface area contributed by atoms with Gasteiger partial charge in [0.05, 0.1) is 6.21 Å². The van der Waals surface area contributed by atoms with Crippen LogP contribution in [0.2, 0.25) is 0 Å². The molecule has 1 amide bonds. The highest BCUT2D eigenvalue weighted by Crippen LogP contribution is 2.16. The van der Waals surface area contributed by atoms with Gasteiger partial charge in [-0.05, 0) is 30.3 Å². The Labute approximate surface area is 139 Å². The summed E-state index contributed by atoms with van der Waals surface area (Å²) in [6.45, 7) is -0.0884. The second-order valence-electron chi connectivity index (χ2n) is 4.06. The molecule has 0 aromatic heterocycles. The minimum atomic E-state index is -0.318. The fourth-order valence-electron chi connectivity index (χ4n) is 1.47. The van der Waals surface area contributed by atoms with Gasteiger partial charge in [-0.3, -0.25) is 4.79 Å². The predicted octanol–water partition coefficient (Wildman–Crippen LogP) is 3.74. The first-order valence-electron chi connectivity index (χ1n) is 6.10. The van der Waals surface area contributed by atoms with Gasteiger partial charge in [0.25, 0.3) is 5.91 Å². The van der Waals surface area contributed by atoms with Crippen molar-refractivity contribution in [3.05, 3.63) is 63.0 Å². The van der Waals surface area contributed by atoms with Crippen LogP contribution in [0, 0.1) is 0 Å². The maximum absolute atomic E-state index is 11.6. The Bertz CT molecular complexity index is 642. The monoisotopic (exact) mass is 410 g/mol. The quantitative estimate of drug-likeness (QED) is 0.601. The maximum atomic E-state index is 11.6. The lowest BCUT2D eigenvalue weighted by molar-refractivity contribution is -0.123. The Morgan fingerprint density at radius 3 is 2.57 bits per heavy atom. The number of nitrogens with zero attached hydrogens (tertiary/aromatic N) is 1. The number of nitrogens with one attached hydrogen (secondary N) is 1. The van der Waals surface area contributed by atoms with Gasteiger partial charge in [0.2, 0.25) is 0 Å². The second-order valence-corrected chi connectivity index (χ2v) is 5.83. The number of hydrogen-bond acceptors (Lipinski definition) is 3. The van der Waals surface area contributed by atoms with Gasteiger partial charge >= 0.3 is 0 Å². The van der Waals surface area contributed by atoms with E-state index in [9.17, 15) is 4.79 Å². The fourth-order valence-corrected chi connectivity index (χ4v) is 2.12. The molecule has 2 aromatic rings. The summed E-state index contributed by atoms with van der Waals surface area (Å²) in [5.74, 6) is 0.310. The van der Waals surface area contributed by atoms with Crippen molar-refractivity contribution in [1.82, 2.24) is 5.43 Å². The van der Waals surface area contributed by atoms with Gasteiger partial charge in [0, 0.05) is 14.5 Å². The molecule has 0 spiro atoms. The van der Waals surface area contributed by atoms with Gasteiger partial charge < -0.3 is 4.74 Å². The SMILES string of the molecule is O=C(COc1ccc(Br)cc1)N/N=C/c1ccccc1Br. The number of amides is 1. The summed E-state index contributed by atoms with van der Waals surface area (Å²) in [5.41, 5.74) is 3.30. The molecule has 0 atom stereocenters. The van der Waals surface area contributed by atoms with Crippen molar-refractivity contribution in [1.29, 1.82) is 0 Å². The number of rotatable bonds is 5. The number of halogens is 2. The van der Waals surface area contributed by atoms with Crippen molar-refractivity contribution in [3.8, 4) is 5.75 Å². The lowest BCUT2D eigenvalue weighted by atomic mass is 10.2. The van der Waals surface area contributed by atoms with Crippen LogP contribution in [-0.4, -0.2) is 18.7 Å². The molecule has 0 heterocycles. The van der Waals surface area contributed by atoms with E-state index in [0.29, 0.717) is 5.75 Å². The van der Waals surface area contributed by atoms with E-state index in [0.717, 1.165) is 14.5 Å². The van der Waals surface area contributed by atoms with E-state index in [1.54, 1.807) is 18.3 Å². The minimum Gasteiger partial charge on any atom is -0.484 e. The molecule has 0 saturated heterocycles. The van der Waals surface area contributed by atoms with Crippen LogP contribution in [-0.2, 0) is 4.79 Å². The topological polar surface area (TPSA) is 50.7 Å². The van der Waals surface area contributed by atoms with Crippen molar-refractivity contribution in [2.75, 3.05) is 6.61 Å². The number of ether oxygens (including phenoxy) is 1. The molecule has 0 saturated carbocycles. The summed E-state index contributed by atoms with van der Waals surface area (Å²) in [6, 6.07) is 14.8. The van der Waals surface area contributed by atoms with E-state index in [1.807, 2.05) is 36.4 Å². The van der Waals surface area contributed by atoms with Crippen LogP contribution in [0.15, 0.2) is 62.6 Å². The summed E-state index contributed by atoms with van der Waals surface area (Å²) in [4.78, 5) is 11.6. The predicted molar refractivity (Wildman–Crippen MR) is 89.5 cm³/mol. The van der Waals surface area contributed by atoms with E-state index >= 15 is 0 Å². The van der Waals surface area contributed by atoms with Crippen molar-refractivity contribution in [3.63, 3.8) is 0 Å². The third kappa shape index (κ3) is 5.32. The van der Waals surface area contributed by atoms with Gasteiger partial charge in [0.15, 0.2) is 6.61 Å². The Morgan fingerprint density at radius 2 is 1.86 bits per heavy atom. The normalized spacial score (nSPS) is 10.6. The van der Waals surface area contributed by atoms with Crippen LogP contribution in [0.1, 0.15) is 5.56 Å². The Hall–Kier alpha value is -1.66. The zero-order chi connectivity index (χ0) is 15.1. The molecule has 0 bridgehead atoms.